The number of nitrogens with zero attached hydrogens (tertiary/aromatic N) is 1. The molecule has 0 aliphatic heterocycles. The van der Waals surface area contributed by atoms with Crippen molar-refractivity contribution >= 4 is 11.7 Å². The number of aliphatic hydroxyl groups excluding tert-OH is 1. The average Bonchev–Trinajstić information content (AvgIpc) is 3.15. The number of rotatable bonds is 11. The summed E-state index contributed by atoms with van der Waals surface area (Å²) in [5.41, 5.74) is 2.32. The van der Waals surface area contributed by atoms with Gasteiger partial charge in [-0.15, -0.1) is 0 Å². The van der Waals surface area contributed by atoms with Gasteiger partial charge in [0.15, 0.2) is 0 Å². The van der Waals surface area contributed by atoms with E-state index in [4.69, 9.17) is 9.94 Å². The van der Waals surface area contributed by atoms with Crippen molar-refractivity contribution in [2.24, 2.45) is 22.9 Å². The number of aliphatic hydroxyl groups is 1. The molecule has 1 saturated carbocycles. The van der Waals surface area contributed by atoms with Crippen LogP contribution in [0.2, 0.25) is 0 Å². The molecule has 0 amide bonds. The summed E-state index contributed by atoms with van der Waals surface area (Å²) in [7, 11) is 0. The molecule has 0 aromatic heterocycles. The predicted molar refractivity (Wildman–Crippen MR) is 103 cm³/mol. The summed E-state index contributed by atoms with van der Waals surface area (Å²) < 4.78 is 0. The van der Waals surface area contributed by atoms with E-state index in [9.17, 15) is 9.90 Å². The normalized spacial score (nSPS) is 26.1. The van der Waals surface area contributed by atoms with Gasteiger partial charge < -0.3 is 15.1 Å². The fourth-order valence-corrected chi connectivity index (χ4v) is 3.94. The highest BCUT2D eigenvalue weighted by molar-refractivity contribution is 5.87. The molecule has 1 fully saturated rings. The number of unbranched alkanes of at least 4 members (excludes halogenated alkanes) is 1. The molecule has 2 unspecified atom stereocenters. The summed E-state index contributed by atoms with van der Waals surface area (Å²) in [6.45, 7) is 4.53. The van der Waals surface area contributed by atoms with E-state index in [2.05, 4.69) is 31.2 Å². The molecule has 0 radical (unpaired) electrons. The number of oxime groups is 1. The second-order valence-corrected chi connectivity index (χ2v) is 7.76. The maximum Gasteiger partial charge on any atom is 0.306 e. The van der Waals surface area contributed by atoms with Crippen LogP contribution in [0.15, 0.2) is 29.0 Å². The summed E-state index contributed by atoms with van der Waals surface area (Å²) >= 11 is 0. The smallest absolute Gasteiger partial charge is 0.306 e. The summed E-state index contributed by atoms with van der Waals surface area (Å²) in [6, 6.07) is 0. The molecule has 4 atom stereocenters. The highest BCUT2D eigenvalue weighted by atomic mass is 16.6. The summed E-state index contributed by atoms with van der Waals surface area (Å²) in [5, 5.41) is 23.0. The minimum Gasteiger partial charge on any atom is -0.481 e. The second kappa shape index (κ2) is 10.5. The molecule has 2 rings (SSSR count). The first-order valence-corrected chi connectivity index (χ1v) is 9.95. The fourth-order valence-electron chi connectivity index (χ4n) is 3.94. The molecular formula is C21H33NO4. The molecule has 2 aliphatic rings. The Kier molecular flexibility index (Phi) is 8.36. The van der Waals surface area contributed by atoms with Crippen LogP contribution in [0.5, 0.6) is 0 Å². The predicted octanol–water partition coefficient (Wildman–Crippen LogP) is 4.32. The molecule has 0 saturated heterocycles. The molecule has 2 N–H and O–H groups in total. The zero-order chi connectivity index (χ0) is 18.9. The Balaban J connectivity index is 1.78. The van der Waals surface area contributed by atoms with Gasteiger partial charge in [-0.05, 0) is 49.0 Å². The van der Waals surface area contributed by atoms with Crippen LogP contribution in [-0.4, -0.2) is 34.6 Å². The minimum absolute atomic E-state index is 0.0217. The van der Waals surface area contributed by atoms with Gasteiger partial charge in [0.05, 0.1) is 18.2 Å². The zero-order valence-electron chi connectivity index (χ0n) is 16.1. The lowest BCUT2D eigenvalue weighted by atomic mass is 9.93. The first-order chi connectivity index (χ1) is 12.5. The van der Waals surface area contributed by atoms with Crippen molar-refractivity contribution in [1.29, 1.82) is 0 Å². The Labute approximate surface area is 156 Å². The molecule has 146 valence electrons. The van der Waals surface area contributed by atoms with Crippen LogP contribution in [0.1, 0.15) is 65.2 Å². The Morgan fingerprint density at radius 3 is 3.00 bits per heavy atom. The van der Waals surface area contributed by atoms with E-state index in [-0.39, 0.29) is 19.1 Å². The van der Waals surface area contributed by atoms with Crippen molar-refractivity contribution in [3.05, 3.63) is 23.8 Å². The molecule has 5 nitrogen and oxygen atoms in total. The lowest BCUT2D eigenvalue weighted by molar-refractivity contribution is -0.138. The summed E-state index contributed by atoms with van der Waals surface area (Å²) in [4.78, 5) is 15.6. The van der Waals surface area contributed by atoms with Crippen molar-refractivity contribution < 1.29 is 19.8 Å². The molecule has 26 heavy (non-hydrogen) atoms. The van der Waals surface area contributed by atoms with E-state index < -0.39 is 5.97 Å². The number of carboxylic acids is 1. The van der Waals surface area contributed by atoms with Crippen molar-refractivity contribution in [3.63, 3.8) is 0 Å². The van der Waals surface area contributed by atoms with E-state index >= 15 is 0 Å². The van der Waals surface area contributed by atoms with Crippen molar-refractivity contribution in [1.82, 2.24) is 0 Å². The minimum atomic E-state index is -0.869. The zero-order valence-corrected chi connectivity index (χ0v) is 16.1. The highest BCUT2D eigenvalue weighted by Crippen LogP contribution is 2.43. The van der Waals surface area contributed by atoms with Crippen molar-refractivity contribution in [2.45, 2.75) is 71.3 Å². The van der Waals surface area contributed by atoms with Crippen LogP contribution in [0.3, 0.4) is 0 Å². The van der Waals surface area contributed by atoms with E-state index in [1.807, 2.05) is 6.08 Å². The SMILES string of the molecule is CCCCC(C)CC(O)C=CC1=CC[C@@H]2C/C(=N/OCCC(=O)O)C[C@@H]12. The number of allylic oxidation sites excluding steroid dienone is 3. The molecular weight excluding hydrogens is 330 g/mol. The molecule has 5 heteroatoms. The number of aliphatic carboxylic acids is 1. The Bertz CT molecular complexity index is 552. The standard InChI is InChI=1S/C21H33NO4/c1-3-4-5-15(2)12-19(23)9-8-16-6-7-17-13-18(14-20(16)17)22-26-11-10-21(24)25/h6,8-9,15,17,19-20,23H,3-5,7,10-14H2,1-2H3,(H,24,25)/b9-8?,22-18-/t15?,17-,19?,20+/m1/s1. The summed E-state index contributed by atoms with van der Waals surface area (Å²) in [6.07, 6.45) is 13.2. The van der Waals surface area contributed by atoms with Gasteiger partial charge in [0.2, 0.25) is 0 Å². The molecule has 2 aliphatic carbocycles. The van der Waals surface area contributed by atoms with Crippen molar-refractivity contribution in [3.8, 4) is 0 Å². The van der Waals surface area contributed by atoms with Gasteiger partial charge in [0.1, 0.15) is 6.61 Å². The topological polar surface area (TPSA) is 79.1 Å². The van der Waals surface area contributed by atoms with Crippen LogP contribution < -0.4 is 0 Å². The van der Waals surface area contributed by atoms with Crippen LogP contribution in [0.4, 0.5) is 0 Å². The van der Waals surface area contributed by atoms with Crippen LogP contribution >= 0.6 is 0 Å². The summed E-state index contributed by atoms with van der Waals surface area (Å²) in [5.74, 6) is 0.703. The fraction of sp³-hybridized carbons (Fsp3) is 0.714. The van der Waals surface area contributed by atoms with E-state index in [0.717, 1.165) is 31.4 Å². The number of carbonyl (C=O) groups is 1. The highest BCUT2D eigenvalue weighted by Gasteiger charge is 2.36. The maximum absolute atomic E-state index is 10.5. The van der Waals surface area contributed by atoms with Gasteiger partial charge >= 0.3 is 5.97 Å². The lowest BCUT2D eigenvalue weighted by Crippen LogP contribution is -2.09. The number of fused-ring (bicyclic) bond motifs is 1. The first-order valence-electron chi connectivity index (χ1n) is 9.95. The van der Waals surface area contributed by atoms with E-state index in [0.29, 0.717) is 17.8 Å². The third-order valence-electron chi connectivity index (χ3n) is 5.41. The van der Waals surface area contributed by atoms with Gasteiger partial charge in [-0.1, -0.05) is 56.5 Å². The van der Waals surface area contributed by atoms with Gasteiger partial charge in [-0.2, -0.15) is 0 Å². The van der Waals surface area contributed by atoms with Crippen LogP contribution in [0.25, 0.3) is 0 Å². The first kappa shape index (κ1) is 20.7. The molecule has 0 heterocycles. The number of hydrogen-bond acceptors (Lipinski definition) is 4. The number of carboxylic acid groups (broad SMARTS) is 1. The Morgan fingerprint density at radius 1 is 1.46 bits per heavy atom. The third-order valence-corrected chi connectivity index (χ3v) is 5.41. The molecule has 0 aromatic carbocycles. The molecule has 0 bridgehead atoms. The monoisotopic (exact) mass is 363 g/mol. The second-order valence-electron chi connectivity index (χ2n) is 7.76. The van der Waals surface area contributed by atoms with Gasteiger partial charge in [-0.3, -0.25) is 4.79 Å². The maximum atomic E-state index is 10.5. The van der Waals surface area contributed by atoms with Crippen molar-refractivity contribution in [2.75, 3.05) is 6.61 Å². The number of hydrogen-bond donors (Lipinski definition) is 2. The molecule has 0 spiro atoms. The largest absolute Gasteiger partial charge is 0.481 e. The van der Waals surface area contributed by atoms with E-state index in [1.54, 1.807) is 0 Å². The van der Waals surface area contributed by atoms with E-state index in [1.165, 1.54) is 24.8 Å². The van der Waals surface area contributed by atoms with Gasteiger partial charge in [0.25, 0.3) is 0 Å². The van der Waals surface area contributed by atoms with Gasteiger partial charge in [-0.25, -0.2) is 0 Å². The Morgan fingerprint density at radius 2 is 2.27 bits per heavy atom. The third kappa shape index (κ3) is 6.60. The van der Waals surface area contributed by atoms with Crippen LogP contribution in [-0.2, 0) is 9.63 Å². The average molecular weight is 363 g/mol. The Hall–Kier alpha value is -1.62. The van der Waals surface area contributed by atoms with Gasteiger partial charge in [0, 0.05) is 0 Å². The lowest BCUT2D eigenvalue weighted by Gasteiger charge is -2.14. The molecule has 0 aromatic rings. The van der Waals surface area contributed by atoms with Crippen LogP contribution in [0, 0.1) is 17.8 Å². The quantitative estimate of drug-likeness (QED) is 0.423.